The highest BCUT2D eigenvalue weighted by Crippen LogP contribution is 2.28. The zero-order valence-electron chi connectivity index (χ0n) is 12.4. The van der Waals surface area contributed by atoms with E-state index < -0.39 is 23.2 Å². The number of nitrogens with one attached hydrogen (secondary N) is 2. The van der Waals surface area contributed by atoms with Gasteiger partial charge in [0.2, 0.25) is 5.91 Å². The van der Waals surface area contributed by atoms with Crippen molar-refractivity contribution in [2.75, 3.05) is 12.4 Å². The molecule has 0 aliphatic heterocycles. The molecule has 20 heavy (non-hydrogen) atoms. The van der Waals surface area contributed by atoms with E-state index in [0.29, 0.717) is 12.2 Å². The topological polar surface area (TPSA) is 78.4 Å². The minimum absolute atomic E-state index is 0.492. The summed E-state index contributed by atoms with van der Waals surface area (Å²) in [5.74, 6) is -2.69. The number of rotatable bonds is 5. The first-order valence-corrected chi connectivity index (χ1v) is 6.53. The Morgan fingerprint density at radius 2 is 1.85 bits per heavy atom. The first-order valence-electron chi connectivity index (χ1n) is 6.53. The molecule has 1 unspecified atom stereocenters. The smallest absolute Gasteiger partial charge is 0.316 e. The van der Waals surface area contributed by atoms with E-state index in [1.165, 1.54) is 0 Å². The van der Waals surface area contributed by atoms with Gasteiger partial charge in [0.25, 0.3) is 0 Å². The lowest BCUT2D eigenvalue weighted by Crippen LogP contribution is -2.39. The maximum atomic E-state index is 12.2. The third kappa shape index (κ3) is 4.06. The molecular weight excluding hydrogens is 256 g/mol. The van der Waals surface area contributed by atoms with Crippen LogP contribution in [0.1, 0.15) is 26.3 Å². The van der Waals surface area contributed by atoms with E-state index in [0.717, 1.165) is 5.56 Å². The van der Waals surface area contributed by atoms with Crippen LogP contribution in [0.2, 0.25) is 0 Å². The molecule has 1 rings (SSSR count). The van der Waals surface area contributed by atoms with Crippen molar-refractivity contribution in [2.24, 2.45) is 11.3 Å². The standard InChI is InChI=1S/C15H22N2O3/c1-15(2,3)12(14(19)20)13(18)17-11-8-6-5-7-10(11)9-16-4/h5-8,12,16H,9H2,1-4H3,(H,17,18)(H,19,20). The second kappa shape index (κ2) is 6.52. The van der Waals surface area contributed by atoms with Crippen LogP contribution < -0.4 is 10.6 Å². The molecule has 5 nitrogen and oxygen atoms in total. The van der Waals surface area contributed by atoms with Crippen LogP contribution >= 0.6 is 0 Å². The predicted octanol–water partition coefficient (Wildman–Crippen LogP) is 2.09. The fourth-order valence-electron chi connectivity index (χ4n) is 2.07. The first kappa shape index (κ1) is 16.2. The minimum atomic E-state index is -1.11. The number of carbonyl (C=O) groups is 2. The number of aliphatic carboxylic acids is 1. The Bertz CT molecular complexity index is 492. The number of para-hydroxylation sites is 1. The molecule has 0 aliphatic rings. The second-order valence-electron chi connectivity index (χ2n) is 5.81. The highest BCUT2D eigenvalue weighted by Gasteiger charge is 2.37. The largest absolute Gasteiger partial charge is 0.481 e. The van der Waals surface area contributed by atoms with Crippen molar-refractivity contribution in [1.82, 2.24) is 5.32 Å². The molecule has 1 aromatic rings. The third-order valence-electron chi connectivity index (χ3n) is 3.02. The van der Waals surface area contributed by atoms with Crippen molar-refractivity contribution in [3.63, 3.8) is 0 Å². The van der Waals surface area contributed by atoms with Crippen molar-refractivity contribution in [1.29, 1.82) is 0 Å². The highest BCUT2D eigenvalue weighted by molar-refractivity contribution is 6.05. The summed E-state index contributed by atoms with van der Waals surface area (Å²) in [6, 6.07) is 7.34. The third-order valence-corrected chi connectivity index (χ3v) is 3.02. The van der Waals surface area contributed by atoms with Crippen LogP contribution in [-0.2, 0) is 16.1 Å². The molecule has 1 aromatic carbocycles. The molecule has 1 atom stereocenters. The molecule has 0 bridgehead atoms. The molecule has 0 fully saturated rings. The summed E-state index contributed by atoms with van der Waals surface area (Å²) in [6.07, 6.45) is 0. The molecule has 110 valence electrons. The van der Waals surface area contributed by atoms with Gasteiger partial charge in [-0.25, -0.2) is 0 Å². The lowest BCUT2D eigenvalue weighted by atomic mass is 9.80. The molecule has 0 spiro atoms. The van der Waals surface area contributed by atoms with Crippen molar-refractivity contribution < 1.29 is 14.7 Å². The van der Waals surface area contributed by atoms with Gasteiger partial charge in [0.1, 0.15) is 5.92 Å². The lowest BCUT2D eigenvalue weighted by molar-refractivity contribution is -0.149. The maximum absolute atomic E-state index is 12.2. The number of carboxylic acids is 1. The number of benzene rings is 1. The molecule has 0 radical (unpaired) electrons. The molecule has 0 aliphatic carbocycles. The molecule has 3 N–H and O–H groups in total. The predicted molar refractivity (Wildman–Crippen MR) is 78.4 cm³/mol. The number of carbonyl (C=O) groups excluding carboxylic acids is 1. The molecule has 5 heteroatoms. The summed E-state index contributed by atoms with van der Waals surface area (Å²) < 4.78 is 0. The Morgan fingerprint density at radius 1 is 1.25 bits per heavy atom. The Kier molecular flexibility index (Phi) is 5.27. The summed E-state index contributed by atoms with van der Waals surface area (Å²) >= 11 is 0. The van der Waals surface area contributed by atoms with Crippen LogP contribution in [-0.4, -0.2) is 24.0 Å². The fraction of sp³-hybridized carbons (Fsp3) is 0.467. The van der Waals surface area contributed by atoms with Gasteiger partial charge in [0, 0.05) is 12.2 Å². The van der Waals surface area contributed by atoms with Crippen LogP contribution in [0.25, 0.3) is 0 Å². The van der Waals surface area contributed by atoms with E-state index in [1.807, 2.05) is 25.2 Å². The van der Waals surface area contributed by atoms with Crippen LogP contribution in [0.15, 0.2) is 24.3 Å². The molecule has 1 amide bonds. The Morgan fingerprint density at radius 3 is 2.35 bits per heavy atom. The minimum Gasteiger partial charge on any atom is -0.481 e. The zero-order chi connectivity index (χ0) is 15.3. The highest BCUT2D eigenvalue weighted by atomic mass is 16.4. The average Bonchev–Trinajstić information content (AvgIpc) is 2.29. The molecule has 0 heterocycles. The van der Waals surface area contributed by atoms with Crippen molar-refractivity contribution >= 4 is 17.6 Å². The SMILES string of the molecule is CNCc1ccccc1NC(=O)C(C(=O)O)C(C)(C)C. The Hall–Kier alpha value is -1.88. The van der Waals surface area contributed by atoms with Gasteiger partial charge >= 0.3 is 5.97 Å². The molecule has 0 saturated carbocycles. The van der Waals surface area contributed by atoms with Gasteiger partial charge in [0.05, 0.1) is 0 Å². The lowest BCUT2D eigenvalue weighted by Gasteiger charge is -2.26. The number of hydrogen-bond acceptors (Lipinski definition) is 3. The van der Waals surface area contributed by atoms with E-state index >= 15 is 0 Å². The van der Waals surface area contributed by atoms with Gasteiger partial charge < -0.3 is 15.7 Å². The van der Waals surface area contributed by atoms with E-state index in [-0.39, 0.29) is 0 Å². The summed E-state index contributed by atoms with van der Waals surface area (Å²) in [5.41, 5.74) is 0.914. The van der Waals surface area contributed by atoms with E-state index in [2.05, 4.69) is 10.6 Å². The monoisotopic (exact) mass is 278 g/mol. The maximum Gasteiger partial charge on any atom is 0.316 e. The van der Waals surface area contributed by atoms with Crippen LogP contribution in [0, 0.1) is 11.3 Å². The van der Waals surface area contributed by atoms with Gasteiger partial charge in [-0.3, -0.25) is 9.59 Å². The number of hydrogen-bond donors (Lipinski definition) is 3. The average molecular weight is 278 g/mol. The van der Waals surface area contributed by atoms with Crippen LogP contribution in [0.4, 0.5) is 5.69 Å². The van der Waals surface area contributed by atoms with Crippen molar-refractivity contribution in [3.8, 4) is 0 Å². The van der Waals surface area contributed by atoms with Crippen LogP contribution in [0.3, 0.4) is 0 Å². The van der Waals surface area contributed by atoms with E-state index in [1.54, 1.807) is 26.8 Å². The van der Waals surface area contributed by atoms with Gasteiger partial charge in [-0.05, 0) is 24.1 Å². The Balaban J connectivity index is 2.97. The molecular formula is C15H22N2O3. The van der Waals surface area contributed by atoms with Gasteiger partial charge in [0.15, 0.2) is 0 Å². The number of amides is 1. The Labute approximate surface area is 119 Å². The summed E-state index contributed by atoms with van der Waals surface area (Å²) in [4.78, 5) is 23.6. The number of carboxylic acid groups (broad SMARTS) is 1. The normalized spacial score (nSPS) is 12.8. The first-order chi connectivity index (χ1) is 9.27. The van der Waals surface area contributed by atoms with Gasteiger partial charge in [-0.15, -0.1) is 0 Å². The number of anilines is 1. The quantitative estimate of drug-likeness (QED) is 0.721. The van der Waals surface area contributed by atoms with E-state index in [4.69, 9.17) is 0 Å². The molecule has 0 aromatic heterocycles. The summed E-state index contributed by atoms with van der Waals surface area (Å²) in [6.45, 7) is 5.82. The summed E-state index contributed by atoms with van der Waals surface area (Å²) in [5, 5.41) is 15.0. The second-order valence-corrected chi connectivity index (χ2v) is 5.81. The zero-order valence-corrected chi connectivity index (χ0v) is 12.4. The van der Waals surface area contributed by atoms with Crippen molar-refractivity contribution in [2.45, 2.75) is 27.3 Å². The van der Waals surface area contributed by atoms with Gasteiger partial charge in [-0.1, -0.05) is 39.0 Å². The van der Waals surface area contributed by atoms with Crippen molar-refractivity contribution in [3.05, 3.63) is 29.8 Å². The molecule has 0 saturated heterocycles. The fourth-order valence-corrected chi connectivity index (χ4v) is 2.07. The van der Waals surface area contributed by atoms with Crippen LogP contribution in [0.5, 0.6) is 0 Å². The van der Waals surface area contributed by atoms with E-state index in [9.17, 15) is 14.7 Å². The summed E-state index contributed by atoms with van der Waals surface area (Å²) in [7, 11) is 1.81. The van der Waals surface area contributed by atoms with Gasteiger partial charge in [-0.2, -0.15) is 0 Å².